The largest absolute Gasteiger partial charge is 0.371 e. The summed E-state index contributed by atoms with van der Waals surface area (Å²) < 4.78 is 14.4. The van der Waals surface area contributed by atoms with Gasteiger partial charge in [-0.15, -0.1) is 0 Å². The molecule has 2 heterocycles. The van der Waals surface area contributed by atoms with Crippen molar-refractivity contribution in [2.45, 2.75) is 18.7 Å². The van der Waals surface area contributed by atoms with Crippen molar-refractivity contribution in [1.29, 1.82) is 0 Å². The molecule has 0 spiro atoms. The summed E-state index contributed by atoms with van der Waals surface area (Å²) in [6, 6.07) is 0. The third-order valence-corrected chi connectivity index (χ3v) is 1.28. The van der Waals surface area contributed by atoms with Gasteiger partial charge in [0.05, 0.1) is 13.2 Å². The molecule has 52 valence electrons. The van der Waals surface area contributed by atoms with Crippen LogP contribution in [0.1, 0.15) is 0 Å². The average molecular weight is 132 g/mol. The first-order valence-electron chi connectivity index (χ1n) is 2.93. The normalized spacial score (nSPS) is 47.0. The quantitative estimate of drug-likeness (QED) is 0.504. The van der Waals surface area contributed by atoms with Crippen LogP contribution in [0.15, 0.2) is 0 Å². The molecule has 0 aliphatic carbocycles. The molecule has 2 fully saturated rings. The summed E-state index contributed by atoms with van der Waals surface area (Å²) in [6.45, 7) is 1.32. The Morgan fingerprint density at radius 2 is 2.33 bits per heavy atom. The van der Waals surface area contributed by atoms with E-state index in [9.17, 15) is 0 Å². The predicted molar refractivity (Wildman–Crippen MR) is 26.6 cm³/mol. The molecule has 0 amide bonds. The highest BCUT2D eigenvalue weighted by molar-refractivity contribution is 4.70. The van der Waals surface area contributed by atoms with E-state index in [0.717, 1.165) is 6.61 Å². The smallest absolute Gasteiger partial charge is 0.212 e. The number of hydrogen-bond acceptors (Lipinski definition) is 4. The van der Waals surface area contributed by atoms with Crippen LogP contribution in [-0.2, 0) is 14.2 Å². The molecule has 0 aromatic heterocycles. The topological polar surface area (TPSA) is 54.5 Å². The number of epoxide rings is 2. The highest BCUT2D eigenvalue weighted by atomic mass is 16.8. The van der Waals surface area contributed by atoms with Gasteiger partial charge in [-0.3, -0.25) is 0 Å². The van der Waals surface area contributed by atoms with Gasteiger partial charge >= 0.3 is 0 Å². The van der Waals surface area contributed by atoms with Crippen LogP contribution in [0.25, 0.3) is 0 Å². The molecule has 4 nitrogen and oxygen atoms in total. The van der Waals surface area contributed by atoms with Gasteiger partial charge < -0.3 is 19.3 Å². The highest BCUT2D eigenvalue weighted by Gasteiger charge is 2.39. The summed E-state index contributed by atoms with van der Waals surface area (Å²) in [5, 5.41) is 8.57. The molecule has 2 rings (SSSR count). The molecule has 0 aromatic carbocycles. The maximum atomic E-state index is 8.57. The first-order valence-corrected chi connectivity index (χ1v) is 2.93. The van der Waals surface area contributed by atoms with E-state index < -0.39 is 6.29 Å². The van der Waals surface area contributed by atoms with Crippen molar-refractivity contribution in [2.24, 2.45) is 0 Å². The zero-order valence-corrected chi connectivity index (χ0v) is 4.82. The fraction of sp³-hybridized carbons (Fsp3) is 1.00. The molecule has 2 aliphatic heterocycles. The van der Waals surface area contributed by atoms with Crippen LogP contribution >= 0.6 is 0 Å². The zero-order chi connectivity index (χ0) is 6.27. The van der Waals surface area contributed by atoms with Gasteiger partial charge in [-0.2, -0.15) is 0 Å². The van der Waals surface area contributed by atoms with Crippen LogP contribution in [0.5, 0.6) is 0 Å². The van der Waals surface area contributed by atoms with E-state index in [2.05, 4.69) is 4.74 Å². The summed E-state index contributed by atoms with van der Waals surface area (Å²) in [5.41, 5.74) is 0. The number of aliphatic hydroxyl groups is 1. The fourth-order valence-electron chi connectivity index (χ4n) is 0.580. The second-order valence-corrected chi connectivity index (χ2v) is 2.18. The van der Waals surface area contributed by atoms with E-state index >= 15 is 0 Å². The second kappa shape index (κ2) is 1.91. The Bertz CT molecular complexity index is 112. The standard InChI is InChI=1S/C5H8O4/c6-4-5(9-4)8-2-3-1-7-3/h3-6H,1-2H2. The summed E-state index contributed by atoms with van der Waals surface area (Å²) in [5.74, 6) is 0. The first kappa shape index (κ1) is 5.61. The van der Waals surface area contributed by atoms with Gasteiger partial charge in [0.2, 0.25) is 12.6 Å². The lowest BCUT2D eigenvalue weighted by Gasteiger charge is -1.92. The van der Waals surface area contributed by atoms with Gasteiger partial charge in [0, 0.05) is 0 Å². The van der Waals surface area contributed by atoms with Gasteiger partial charge in [-0.1, -0.05) is 0 Å². The summed E-state index contributed by atoms with van der Waals surface area (Å²) in [7, 11) is 0. The second-order valence-electron chi connectivity index (χ2n) is 2.18. The van der Waals surface area contributed by atoms with Crippen LogP contribution in [0.4, 0.5) is 0 Å². The molecule has 3 unspecified atom stereocenters. The molecule has 0 aromatic rings. The van der Waals surface area contributed by atoms with E-state index in [1.165, 1.54) is 0 Å². The van der Waals surface area contributed by atoms with Crippen LogP contribution in [0, 0.1) is 0 Å². The lowest BCUT2D eigenvalue weighted by molar-refractivity contribution is 0.0401. The molecular formula is C5H8O4. The Labute approximate surface area is 52.3 Å². The van der Waals surface area contributed by atoms with Crippen LogP contribution < -0.4 is 0 Å². The number of ether oxygens (including phenoxy) is 3. The molecule has 1 N–H and O–H groups in total. The van der Waals surface area contributed by atoms with Gasteiger partial charge in [-0.05, 0) is 0 Å². The molecule has 0 bridgehead atoms. The van der Waals surface area contributed by atoms with E-state index in [-0.39, 0.29) is 12.4 Å². The van der Waals surface area contributed by atoms with Crippen molar-refractivity contribution in [3.05, 3.63) is 0 Å². The summed E-state index contributed by atoms with van der Waals surface area (Å²) >= 11 is 0. The minimum absolute atomic E-state index is 0.251. The van der Waals surface area contributed by atoms with Crippen LogP contribution in [0.2, 0.25) is 0 Å². The molecule has 9 heavy (non-hydrogen) atoms. The SMILES string of the molecule is OC1OC1OCC1CO1. The van der Waals surface area contributed by atoms with E-state index in [0.29, 0.717) is 6.61 Å². The molecule has 0 saturated carbocycles. The molecule has 4 heteroatoms. The van der Waals surface area contributed by atoms with E-state index in [1.54, 1.807) is 0 Å². The van der Waals surface area contributed by atoms with Gasteiger partial charge in [-0.25, -0.2) is 0 Å². The molecule has 2 aliphatic rings. The third kappa shape index (κ3) is 1.40. The number of hydrogen-bond donors (Lipinski definition) is 1. The Morgan fingerprint density at radius 1 is 1.67 bits per heavy atom. The Hall–Kier alpha value is -0.160. The maximum absolute atomic E-state index is 8.57. The number of aliphatic hydroxyl groups excluding tert-OH is 1. The van der Waals surface area contributed by atoms with Crippen molar-refractivity contribution in [3.8, 4) is 0 Å². The Morgan fingerprint density at radius 3 is 2.78 bits per heavy atom. The third-order valence-electron chi connectivity index (χ3n) is 1.28. The molecule has 3 atom stereocenters. The summed E-state index contributed by atoms with van der Waals surface area (Å²) in [4.78, 5) is 0. The highest BCUT2D eigenvalue weighted by Crippen LogP contribution is 2.21. The zero-order valence-electron chi connectivity index (χ0n) is 4.82. The van der Waals surface area contributed by atoms with Crippen molar-refractivity contribution in [3.63, 3.8) is 0 Å². The maximum Gasteiger partial charge on any atom is 0.212 e. The molecule has 2 saturated heterocycles. The van der Waals surface area contributed by atoms with Crippen LogP contribution in [-0.4, -0.2) is 37.0 Å². The van der Waals surface area contributed by atoms with Crippen molar-refractivity contribution in [1.82, 2.24) is 0 Å². The first-order chi connectivity index (χ1) is 4.36. The van der Waals surface area contributed by atoms with Crippen molar-refractivity contribution >= 4 is 0 Å². The van der Waals surface area contributed by atoms with Crippen molar-refractivity contribution < 1.29 is 19.3 Å². The van der Waals surface area contributed by atoms with Crippen LogP contribution in [0.3, 0.4) is 0 Å². The van der Waals surface area contributed by atoms with E-state index in [1.807, 2.05) is 0 Å². The fourth-order valence-corrected chi connectivity index (χ4v) is 0.580. The lowest BCUT2D eigenvalue weighted by atomic mass is 10.5. The van der Waals surface area contributed by atoms with Gasteiger partial charge in [0.15, 0.2) is 0 Å². The van der Waals surface area contributed by atoms with E-state index in [4.69, 9.17) is 14.6 Å². The Balaban J connectivity index is 1.57. The minimum atomic E-state index is -0.691. The minimum Gasteiger partial charge on any atom is -0.371 e. The molecular weight excluding hydrogens is 124 g/mol. The van der Waals surface area contributed by atoms with Gasteiger partial charge in [0.1, 0.15) is 6.10 Å². The Kier molecular flexibility index (Phi) is 1.19. The monoisotopic (exact) mass is 132 g/mol. The predicted octanol–water partition coefficient (Wildman–Crippen LogP) is -0.924. The molecule has 0 radical (unpaired) electrons. The average Bonchev–Trinajstić information content (AvgIpc) is 2.60. The van der Waals surface area contributed by atoms with Gasteiger partial charge in [0.25, 0.3) is 0 Å². The summed E-state index contributed by atoms with van der Waals surface area (Å²) in [6.07, 6.45) is -0.820. The lowest BCUT2D eigenvalue weighted by Crippen LogP contribution is -2.05. The van der Waals surface area contributed by atoms with Crippen molar-refractivity contribution in [2.75, 3.05) is 13.2 Å². The number of rotatable bonds is 3.